The quantitative estimate of drug-likeness (QED) is 0.791. The van der Waals surface area contributed by atoms with Crippen LogP contribution in [0.15, 0.2) is 24.3 Å². The summed E-state index contributed by atoms with van der Waals surface area (Å²) in [7, 11) is 3.62. The van der Waals surface area contributed by atoms with E-state index in [0.717, 1.165) is 37.1 Å². The van der Waals surface area contributed by atoms with Gasteiger partial charge in [0.15, 0.2) is 0 Å². The van der Waals surface area contributed by atoms with E-state index in [9.17, 15) is 4.79 Å². The van der Waals surface area contributed by atoms with Crippen LogP contribution in [0, 0.1) is 0 Å². The number of anilines is 1. The number of carbonyl (C=O) groups excluding carboxylic acids is 1. The fourth-order valence-corrected chi connectivity index (χ4v) is 2.55. The first-order chi connectivity index (χ1) is 9.71. The molecule has 2 amide bonds. The number of carbonyl (C=O) groups is 1. The molecule has 20 heavy (non-hydrogen) atoms. The molecular weight excluding hydrogens is 254 g/mol. The molecule has 5 heteroatoms. The summed E-state index contributed by atoms with van der Waals surface area (Å²) >= 11 is 0. The highest BCUT2D eigenvalue weighted by atomic mass is 16.5. The fraction of sp³-hybridized carbons (Fsp3) is 0.533. The van der Waals surface area contributed by atoms with Crippen LogP contribution in [-0.2, 0) is 0 Å². The Morgan fingerprint density at radius 3 is 2.25 bits per heavy atom. The predicted molar refractivity (Wildman–Crippen MR) is 80.3 cm³/mol. The average Bonchev–Trinajstić information content (AvgIpc) is 2.49. The van der Waals surface area contributed by atoms with Gasteiger partial charge in [0.05, 0.1) is 7.11 Å². The van der Waals surface area contributed by atoms with Crippen molar-refractivity contribution < 1.29 is 9.53 Å². The second-order valence-corrected chi connectivity index (χ2v) is 5.16. The number of amides is 2. The Kier molecular flexibility index (Phi) is 5.24. The zero-order chi connectivity index (χ0) is 14.4. The standard InChI is InChI=1S/C15H23N3O2/c1-16-11-3-5-12(6-4-11)17-15(19)18-13-7-9-14(20-2)10-8-13/h7-12,16H,3-6H2,1-2H3,(H2,17,18,19). The Hall–Kier alpha value is -1.75. The van der Waals surface area contributed by atoms with E-state index in [1.54, 1.807) is 7.11 Å². The van der Waals surface area contributed by atoms with Crippen molar-refractivity contribution in [3.63, 3.8) is 0 Å². The van der Waals surface area contributed by atoms with Crippen LogP contribution in [0.2, 0.25) is 0 Å². The molecule has 1 aromatic rings. The molecule has 1 aliphatic carbocycles. The smallest absolute Gasteiger partial charge is 0.319 e. The molecule has 1 aromatic carbocycles. The largest absolute Gasteiger partial charge is 0.497 e. The number of rotatable bonds is 4. The zero-order valence-corrected chi connectivity index (χ0v) is 12.1. The molecular formula is C15H23N3O2. The molecule has 0 aromatic heterocycles. The minimum atomic E-state index is -0.136. The summed E-state index contributed by atoms with van der Waals surface area (Å²) in [5.41, 5.74) is 0.771. The highest BCUT2D eigenvalue weighted by Gasteiger charge is 2.21. The summed E-state index contributed by atoms with van der Waals surface area (Å²) in [5, 5.41) is 9.16. The van der Waals surface area contributed by atoms with Crippen molar-refractivity contribution in [2.75, 3.05) is 19.5 Å². The van der Waals surface area contributed by atoms with Crippen LogP contribution in [0.3, 0.4) is 0 Å². The van der Waals surface area contributed by atoms with Crippen molar-refractivity contribution in [3.8, 4) is 5.75 Å². The van der Waals surface area contributed by atoms with E-state index in [2.05, 4.69) is 16.0 Å². The third-order valence-corrected chi connectivity index (χ3v) is 3.82. The van der Waals surface area contributed by atoms with Gasteiger partial charge in [0.25, 0.3) is 0 Å². The van der Waals surface area contributed by atoms with Crippen LogP contribution in [0.4, 0.5) is 10.5 Å². The highest BCUT2D eigenvalue weighted by Crippen LogP contribution is 2.19. The van der Waals surface area contributed by atoms with Crippen molar-refractivity contribution in [1.29, 1.82) is 0 Å². The van der Waals surface area contributed by atoms with Crippen molar-refractivity contribution in [2.45, 2.75) is 37.8 Å². The van der Waals surface area contributed by atoms with E-state index in [1.165, 1.54) is 0 Å². The first kappa shape index (κ1) is 14.7. The molecule has 0 heterocycles. The number of urea groups is 1. The molecule has 5 nitrogen and oxygen atoms in total. The van der Waals surface area contributed by atoms with E-state index < -0.39 is 0 Å². The number of nitrogens with one attached hydrogen (secondary N) is 3. The van der Waals surface area contributed by atoms with Crippen LogP contribution in [-0.4, -0.2) is 32.3 Å². The van der Waals surface area contributed by atoms with Crippen molar-refractivity contribution >= 4 is 11.7 Å². The average molecular weight is 277 g/mol. The molecule has 0 bridgehead atoms. The van der Waals surface area contributed by atoms with Gasteiger partial charge in [-0.05, 0) is 57.0 Å². The number of ether oxygens (including phenoxy) is 1. The summed E-state index contributed by atoms with van der Waals surface area (Å²) < 4.78 is 5.08. The molecule has 0 spiro atoms. The van der Waals surface area contributed by atoms with Gasteiger partial charge in [-0.15, -0.1) is 0 Å². The van der Waals surface area contributed by atoms with E-state index in [-0.39, 0.29) is 12.1 Å². The maximum absolute atomic E-state index is 11.9. The van der Waals surface area contributed by atoms with Crippen LogP contribution < -0.4 is 20.7 Å². The molecule has 0 atom stereocenters. The molecule has 0 unspecified atom stereocenters. The first-order valence-corrected chi connectivity index (χ1v) is 7.10. The van der Waals surface area contributed by atoms with Crippen LogP contribution >= 0.6 is 0 Å². The zero-order valence-electron chi connectivity index (χ0n) is 12.1. The van der Waals surface area contributed by atoms with Crippen LogP contribution in [0.5, 0.6) is 5.75 Å². The van der Waals surface area contributed by atoms with E-state index >= 15 is 0 Å². The second-order valence-electron chi connectivity index (χ2n) is 5.16. The number of methoxy groups -OCH3 is 1. The normalized spacial score (nSPS) is 22.1. The van der Waals surface area contributed by atoms with E-state index in [0.29, 0.717) is 6.04 Å². The van der Waals surface area contributed by atoms with Crippen LogP contribution in [0.25, 0.3) is 0 Å². The molecule has 110 valence electrons. The third kappa shape index (κ3) is 4.13. The highest BCUT2D eigenvalue weighted by molar-refractivity contribution is 5.89. The lowest BCUT2D eigenvalue weighted by Gasteiger charge is -2.28. The lowest BCUT2D eigenvalue weighted by atomic mass is 9.91. The number of benzene rings is 1. The summed E-state index contributed by atoms with van der Waals surface area (Å²) in [6.45, 7) is 0. The minimum absolute atomic E-state index is 0.136. The van der Waals surface area contributed by atoms with Gasteiger partial charge in [0.2, 0.25) is 0 Å². The maximum atomic E-state index is 11.9. The summed E-state index contributed by atoms with van der Waals surface area (Å²) in [6, 6.07) is 8.05. The van der Waals surface area contributed by atoms with Gasteiger partial charge in [-0.3, -0.25) is 0 Å². The molecule has 0 saturated heterocycles. The molecule has 2 rings (SSSR count). The second kappa shape index (κ2) is 7.14. The van der Waals surface area contributed by atoms with Crippen molar-refractivity contribution in [3.05, 3.63) is 24.3 Å². The molecule has 1 fully saturated rings. The molecule has 1 aliphatic rings. The first-order valence-electron chi connectivity index (χ1n) is 7.10. The maximum Gasteiger partial charge on any atom is 0.319 e. The Bertz CT molecular complexity index is 425. The lowest BCUT2D eigenvalue weighted by molar-refractivity contribution is 0.241. The van der Waals surface area contributed by atoms with Crippen molar-refractivity contribution in [2.24, 2.45) is 0 Å². The van der Waals surface area contributed by atoms with Gasteiger partial charge < -0.3 is 20.7 Å². The molecule has 0 radical (unpaired) electrons. The third-order valence-electron chi connectivity index (χ3n) is 3.82. The topological polar surface area (TPSA) is 62.4 Å². The molecule has 0 aliphatic heterocycles. The SMILES string of the molecule is CNC1CCC(NC(=O)Nc2ccc(OC)cc2)CC1. The lowest BCUT2D eigenvalue weighted by Crippen LogP contribution is -2.43. The molecule has 1 saturated carbocycles. The Morgan fingerprint density at radius 2 is 1.70 bits per heavy atom. The van der Waals surface area contributed by atoms with Gasteiger partial charge in [0.1, 0.15) is 5.75 Å². The number of hydrogen-bond acceptors (Lipinski definition) is 3. The van der Waals surface area contributed by atoms with E-state index in [1.807, 2.05) is 31.3 Å². The fourth-order valence-electron chi connectivity index (χ4n) is 2.55. The Morgan fingerprint density at radius 1 is 1.10 bits per heavy atom. The Labute approximate surface area is 120 Å². The minimum Gasteiger partial charge on any atom is -0.497 e. The predicted octanol–water partition coefficient (Wildman–Crippen LogP) is 2.35. The van der Waals surface area contributed by atoms with Crippen LogP contribution in [0.1, 0.15) is 25.7 Å². The van der Waals surface area contributed by atoms with Gasteiger partial charge in [0, 0.05) is 17.8 Å². The van der Waals surface area contributed by atoms with E-state index in [4.69, 9.17) is 4.74 Å². The summed E-state index contributed by atoms with van der Waals surface area (Å²) in [6.07, 6.45) is 4.29. The van der Waals surface area contributed by atoms with Gasteiger partial charge in [-0.2, -0.15) is 0 Å². The van der Waals surface area contributed by atoms with Crippen molar-refractivity contribution in [1.82, 2.24) is 10.6 Å². The van der Waals surface area contributed by atoms with Gasteiger partial charge in [-0.1, -0.05) is 0 Å². The summed E-state index contributed by atoms with van der Waals surface area (Å²) in [5.74, 6) is 0.779. The summed E-state index contributed by atoms with van der Waals surface area (Å²) in [4.78, 5) is 11.9. The monoisotopic (exact) mass is 277 g/mol. The Balaban J connectivity index is 1.77. The molecule has 3 N–H and O–H groups in total. The number of hydrogen-bond donors (Lipinski definition) is 3. The van der Waals surface area contributed by atoms with Gasteiger partial charge in [-0.25, -0.2) is 4.79 Å². The van der Waals surface area contributed by atoms with Gasteiger partial charge >= 0.3 is 6.03 Å².